The van der Waals surface area contributed by atoms with Crippen molar-refractivity contribution in [2.75, 3.05) is 38.5 Å². The lowest BCUT2D eigenvalue weighted by atomic mass is 10.2. The molecule has 0 bridgehead atoms. The van der Waals surface area contributed by atoms with Gasteiger partial charge in [-0.25, -0.2) is 9.98 Å². The highest BCUT2D eigenvalue weighted by molar-refractivity contribution is 5.98. The van der Waals surface area contributed by atoms with E-state index in [-0.39, 0.29) is 6.17 Å². The molecule has 0 amide bonds. The standard InChI is InChI=1S/C19H22N6O2/c1-26-10-5-9-23-12-20-18-22-17(16-8-4-11-27-16)25-15-7-3-2-6-14(15)21-19(25)24(18)13-23/h2-4,6-8,11,17H,5,9-10,12-13H2,1H3,(H,20,22)/t17-/m0/s1. The molecule has 1 aromatic carbocycles. The zero-order valence-corrected chi connectivity index (χ0v) is 15.2. The number of furan rings is 1. The molecule has 5 rings (SSSR count). The predicted octanol–water partition coefficient (Wildman–Crippen LogP) is 2.21. The Morgan fingerprint density at radius 3 is 3.04 bits per heavy atom. The Labute approximate surface area is 157 Å². The summed E-state index contributed by atoms with van der Waals surface area (Å²) in [6, 6.07) is 12.1. The normalized spacial score (nSPS) is 19.5. The number of para-hydroxylation sites is 2. The van der Waals surface area contributed by atoms with Gasteiger partial charge in [-0.05, 0) is 30.7 Å². The van der Waals surface area contributed by atoms with Gasteiger partial charge in [0.15, 0.2) is 6.17 Å². The zero-order chi connectivity index (χ0) is 18.2. The molecular formula is C19H22N6O2. The van der Waals surface area contributed by atoms with Crippen LogP contribution in [0.1, 0.15) is 18.3 Å². The van der Waals surface area contributed by atoms with Gasteiger partial charge in [0.25, 0.3) is 0 Å². The van der Waals surface area contributed by atoms with Crippen molar-refractivity contribution in [2.45, 2.75) is 12.6 Å². The van der Waals surface area contributed by atoms with Crippen LogP contribution in [0.15, 0.2) is 52.1 Å². The van der Waals surface area contributed by atoms with Crippen molar-refractivity contribution in [2.24, 2.45) is 4.99 Å². The molecule has 4 heterocycles. The molecule has 3 aromatic rings. The number of nitrogens with one attached hydrogen (secondary N) is 1. The van der Waals surface area contributed by atoms with E-state index in [1.807, 2.05) is 30.3 Å². The first kappa shape index (κ1) is 16.3. The number of guanidine groups is 1. The highest BCUT2D eigenvalue weighted by Gasteiger charge is 2.36. The number of hydrogen-bond donors (Lipinski definition) is 1. The average Bonchev–Trinajstić information content (AvgIpc) is 3.36. The van der Waals surface area contributed by atoms with Gasteiger partial charge in [-0.3, -0.25) is 14.4 Å². The van der Waals surface area contributed by atoms with E-state index in [4.69, 9.17) is 19.1 Å². The molecular weight excluding hydrogens is 344 g/mol. The van der Waals surface area contributed by atoms with E-state index < -0.39 is 0 Å². The molecule has 2 aromatic heterocycles. The lowest BCUT2D eigenvalue weighted by Gasteiger charge is -2.41. The van der Waals surface area contributed by atoms with Crippen LogP contribution in [0, 0.1) is 0 Å². The van der Waals surface area contributed by atoms with Gasteiger partial charge in [0.1, 0.15) is 5.76 Å². The number of nitrogens with zero attached hydrogens (tertiary/aromatic N) is 5. The van der Waals surface area contributed by atoms with E-state index >= 15 is 0 Å². The van der Waals surface area contributed by atoms with E-state index in [1.54, 1.807) is 13.4 Å². The number of aromatic nitrogens is 2. The maximum absolute atomic E-state index is 5.71. The molecule has 0 fully saturated rings. The summed E-state index contributed by atoms with van der Waals surface area (Å²) in [6.07, 6.45) is 2.51. The number of anilines is 1. The summed E-state index contributed by atoms with van der Waals surface area (Å²) in [6.45, 7) is 3.09. The maximum Gasteiger partial charge on any atom is 0.216 e. The van der Waals surface area contributed by atoms with Crippen molar-refractivity contribution >= 4 is 22.9 Å². The Morgan fingerprint density at radius 2 is 2.19 bits per heavy atom. The van der Waals surface area contributed by atoms with E-state index in [1.165, 1.54) is 0 Å². The van der Waals surface area contributed by atoms with Crippen LogP contribution in [-0.2, 0) is 4.74 Å². The fourth-order valence-electron chi connectivity index (χ4n) is 3.73. The Hall–Kier alpha value is -2.84. The zero-order valence-electron chi connectivity index (χ0n) is 15.2. The van der Waals surface area contributed by atoms with Crippen molar-refractivity contribution in [1.82, 2.24) is 19.8 Å². The van der Waals surface area contributed by atoms with Crippen molar-refractivity contribution in [1.29, 1.82) is 0 Å². The molecule has 140 valence electrons. The van der Waals surface area contributed by atoms with Crippen LogP contribution in [0.5, 0.6) is 0 Å². The van der Waals surface area contributed by atoms with Crippen LogP contribution in [0.4, 0.5) is 5.95 Å². The Kier molecular flexibility index (Phi) is 4.06. The minimum absolute atomic E-state index is 0.169. The lowest BCUT2D eigenvalue weighted by Crippen LogP contribution is -2.57. The largest absolute Gasteiger partial charge is 0.465 e. The van der Waals surface area contributed by atoms with Crippen LogP contribution in [0.2, 0.25) is 0 Å². The minimum Gasteiger partial charge on any atom is -0.465 e. The first-order chi connectivity index (χ1) is 13.3. The Morgan fingerprint density at radius 1 is 1.26 bits per heavy atom. The van der Waals surface area contributed by atoms with Crippen LogP contribution in [0.3, 0.4) is 0 Å². The molecule has 0 spiro atoms. The molecule has 27 heavy (non-hydrogen) atoms. The number of methoxy groups -OCH3 is 1. The van der Waals surface area contributed by atoms with Crippen molar-refractivity contribution in [3.05, 3.63) is 48.4 Å². The summed E-state index contributed by atoms with van der Waals surface area (Å²) in [5.74, 6) is 2.55. The van der Waals surface area contributed by atoms with Crippen LogP contribution < -0.4 is 10.2 Å². The first-order valence-electron chi connectivity index (χ1n) is 9.15. The number of hydrogen-bond acceptors (Lipinski definition) is 7. The van der Waals surface area contributed by atoms with Gasteiger partial charge in [-0.2, -0.15) is 0 Å². The molecule has 1 N–H and O–H groups in total. The molecule has 8 nitrogen and oxygen atoms in total. The second-order valence-electron chi connectivity index (χ2n) is 6.77. The van der Waals surface area contributed by atoms with Gasteiger partial charge in [-0.15, -0.1) is 0 Å². The van der Waals surface area contributed by atoms with Gasteiger partial charge < -0.3 is 14.5 Å². The summed E-state index contributed by atoms with van der Waals surface area (Å²) in [5, 5.41) is 3.53. The molecule has 2 aliphatic rings. The number of ether oxygens (including phenoxy) is 1. The number of aliphatic imine (C=N–C) groups is 1. The highest BCUT2D eigenvalue weighted by Crippen LogP contribution is 2.33. The van der Waals surface area contributed by atoms with Gasteiger partial charge in [0.05, 0.1) is 30.6 Å². The number of imidazole rings is 1. The smallest absolute Gasteiger partial charge is 0.216 e. The number of benzene rings is 1. The number of fused-ring (bicyclic) bond motifs is 5. The van der Waals surface area contributed by atoms with Gasteiger partial charge in [0.2, 0.25) is 11.9 Å². The van der Waals surface area contributed by atoms with Crippen molar-refractivity contribution < 1.29 is 9.15 Å². The molecule has 0 aliphatic carbocycles. The fourth-order valence-corrected chi connectivity index (χ4v) is 3.73. The van der Waals surface area contributed by atoms with Crippen molar-refractivity contribution in [3.63, 3.8) is 0 Å². The Bertz CT molecular complexity index is 964. The summed E-state index contributed by atoms with van der Waals surface area (Å²) in [7, 11) is 1.73. The average molecular weight is 366 g/mol. The quantitative estimate of drug-likeness (QED) is 0.698. The SMILES string of the molecule is COCCCN1CN=C2N[C@H](c3ccco3)n3c(nc4ccccc43)N2C1. The van der Waals surface area contributed by atoms with E-state index in [0.29, 0.717) is 6.67 Å². The third kappa shape index (κ3) is 2.77. The van der Waals surface area contributed by atoms with Crippen molar-refractivity contribution in [3.8, 4) is 0 Å². The third-order valence-corrected chi connectivity index (χ3v) is 5.00. The molecule has 0 radical (unpaired) electrons. The van der Waals surface area contributed by atoms with Crippen LogP contribution in [0.25, 0.3) is 11.0 Å². The molecule has 2 aliphatic heterocycles. The molecule has 1 atom stereocenters. The molecule has 0 unspecified atom stereocenters. The topological polar surface area (TPSA) is 71.1 Å². The summed E-state index contributed by atoms with van der Waals surface area (Å²) in [5.41, 5.74) is 2.03. The Balaban J connectivity index is 1.56. The first-order valence-corrected chi connectivity index (χ1v) is 9.15. The maximum atomic E-state index is 5.71. The highest BCUT2D eigenvalue weighted by atomic mass is 16.5. The van der Waals surface area contributed by atoms with E-state index in [0.717, 1.165) is 54.9 Å². The predicted molar refractivity (Wildman–Crippen MR) is 103 cm³/mol. The third-order valence-electron chi connectivity index (χ3n) is 5.00. The monoisotopic (exact) mass is 366 g/mol. The number of rotatable bonds is 5. The molecule has 0 saturated carbocycles. The summed E-state index contributed by atoms with van der Waals surface area (Å²) < 4.78 is 13.1. The van der Waals surface area contributed by atoms with Gasteiger partial charge >= 0.3 is 0 Å². The van der Waals surface area contributed by atoms with E-state index in [9.17, 15) is 0 Å². The molecule has 8 heteroatoms. The van der Waals surface area contributed by atoms with E-state index in [2.05, 4.69) is 25.8 Å². The fraction of sp³-hybridized carbons (Fsp3) is 0.368. The summed E-state index contributed by atoms with van der Waals surface area (Å²) in [4.78, 5) is 14.1. The minimum atomic E-state index is -0.169. The molecule has 0 saturated heterocycles. The second kappa shape index (κ2) is 6.71. The summed E-state index contributed by atoms with van der Waals surface area (Å²) >= 11 is 0. The van der Waals surface area contributed by atoms with Crippen LogP contribution in [-0.4, -0.2) is 54.0 Å². The van der Waals surface area contributed by atoms with Gasteiger partial charge in [-0.1, -0.05) is 12.1 Å². The second-order valence-corrected chi connectivity index (χ2v) is 6.77. The van der Waals surface area contributed by atoms with Gasteiger partial charge in [0, 0.05) is 20.3 Å². The van der Waals surface area contributed by atoms with Crippen LogP contribution >= 0.6 is 0 Å². The lowest BCUT2D eigenvalue weighted by molar-refractivity contribution is 0.171.